The first-order valence-corrected chi connectivity index (χ1v) is 8.55. The van der Waals surface area contributed by atoms with Crippen molar-refractivity contribution in [2.45, 2.75) is 18.9 Å². The summed E-state index contributed by atoms with van der Waals surface area (Å²) in [6, 6.07) is 17.6. The van der Waals surface area contributed by atoms with Crippen LogP contribution in [0, 0.1) is 0 Å². The minimum atomic E-state index is -0.740. The fourth-order valence-electron chi connectivity index (χ4n) is 3.16. The topological polar surface area (TPSA) is 41.9 Å². The third-order valence-electron chi connectivity index (χ3n) is 4.43. The van der Waals surface area contributed by atoms with E-state index >= 15 is 0 Å². The summed E-state index contributed by atoms with van der Waals surface area (Å²) in [7, 11) is 0. The number of nitrogens with zero attached hydrogens (tertiary/aromatic N) is 1. The summed E-state index contributed by atoms with van der Waals surface area (Å²) < 4.78 is 11.3. The number of benzene rings is 2. The van der Waals surface area contributed by atoms with Crippen LogP contribution in [0.3, 0.4) is 0 Å². The minimum absolute atomic E-state index is 0.598. The number of likely N-dealkylation sites (tertiary alicyclic amines) is 1. The summed E-state index contributed by atoms with van der Waals surface area (Å²) in [6.45, 7) is 5.55. The molecule has 4 heteroatoms. The lowest BCUT2D eigenvalue weighted by Gasteiger charge is -2.24. The molecule has 1 atom stereocenters. The van der Waals surface area contributed by atoms with E-state index in [9.17, 15) is 5.11 Å². The zero-order valence-electron chi connectivity index (χ0n) is 14.1. The van der Waals surface area contributed by atoms with Gasteiger partial charge in [0.1, 0.15) is 23.7 Å². The highest BCUT2D eigenvalue weighted by molar-refractivity contribution is 5.32. The summed E-state index contributed by atoms with van der Waals surface area (Å²) in [6.07, 6.45) is 0.761. The Kier molecular flexibility index (Phi) is 5.38. The van der Waals surface area contributed by atoms with Crippen molar-refractivity contribution in [1.29, 1.82) is 0 Å². The molecule has 0 aliphatic carbocycles. The molecule has 3 rings (SSSR count). The van der Waals surface area contributed by atoms with Crippen LogP contribution in [-0.2, 0) is 5.60 Å². The van der Waals surface area contributed by atoms with Crippen LogP contribution >= 0.6 is 0 Å². The van der Waals surface area contributed by atoms with Crippen molar-refractivity contribution in [2.75, 3.05) is 32.8 Å². The summed E-state index contributed by atoms with van der Waals surface area (Å²) in [4.78, 5) is 2.25. The van der Waals surface area contributed by atoms with Gasteiger partial charge in [0, 0.05) is 25.7 Å². The van der Waals surface area contributed by atoms with Crippen molar-refractivity contribution in [2.24, 2.45) is 0 Å². The molecule has 0 radical (unpaired) electrons. The van der Waals surface area contributed by atoms with Crippen LogP contribution in [0.25, 0.3) is 0 Å². The van der Waals surface area contributed by atoms with Crippen LogP contribution in [0.5, 0.6) is 11.5 Å². The highest BCUT2D eigenvalue weighted by atomic mass is 16.5. The molecule has 1 aliphatic heterocycles. The fourth-order valence-corrected chi connectivity index (χ4v) is 3.16. The molecule has 1 aliphatic rings. The van der Waals surface area contributed by atoms with Gasteiger partial charge in [0.25, 0.3) is 0 Å². The SMILES string of the molecule is CCOc1cccc(OCCN2CC[C@](O)(c3ccccc3)C2)c1. The molecule has 0 aromatic heterocycles. The maximum Gasteiger partial charge on any atom is 0.123 e. The second kappa shape index (κ2) is 7.69. The predicted molar refractivity (Wildman–Crippen MR) is 94.5 cm³/mol. The summed E-state index contributed by atoms with van der Waals surface area (Å²) in [5.74, 6) is 1.65. The van der Waals surface area contributed by atoms with Crippen LogP contribution < -0.4 is 9.47 Å². The number of ether oxygens (including phenoxy) is 2. The quantitative estimate of drug-likeness (QED) is 0.849. The Bertz CT molecular complexity index is 646. The van der Waals surface area contributed by atoms with E-state index in [1.165, 1.54) is 0 Å². The van der Waals surface area contributed by atoms with Crippen LogP contribution in [0.2, 0.25) is 0 Å². The molecular formula is C20H25NO3. The highest BCUT2D eigenvalue weighted by Crippen LogP contribution is 2.31. The molecule has 2 aromatic rings. The van der Waals surface area contributed by atoms with E-state index < -0.39 is 5.60 Å². The van der Waals surface area contributed by atoms with Gasteiger partial charge in [-0.05, 0) is 31.0 Å². The maximum absolute atomic E-state index is 10.8. The molecule has 0 amide bonds. The number of aliphatic hydroxyl groups is 1. The van der Waals surface area contributed by atoms with Gasteiger partial charge in [-0.2, -0.15) is 0 Å². The van der Waals surface area contributed by atoms with Crippen molar-refractivity contribution in [3.05, 3.63) is 60.2 Å². The number of hydrogen-bond acceptors (Lipinski definition) is 4. The molecule has 1 heterocycles. The van der Waals surface area contributed by atoms with Gasteiger partial charge in [-0.3, -0.25) is 4.90 Å². The second-order valence-electron chi connectivity index (χ2n) is 6.18. The molecule has 0 spiro atoms. The lowest BCUT2D eigenvalue weighted by molar-refractivity contribution is 0.0447. The van der Waals surface area contributed by atoms with Gasteiger partial charge in [0.05, 0.1) is 6.61 Å². The van der Waals surface area contributed by atoms with Crippen LogP contribution in [0.15, 0.2) is 54.6 Å². The smallest absolute Gasteiger partial charge is 0.123 e. The summed E-state index contributed by atoms with van der Waals surface area (Å²) in [5.41, 5.74) is 0.258. The van der Waals surface area contributed by atoms with Gasteiger partial charge in [0.2, 0.25) is 0 Å². The molecule has 128 valence electrons. The average molecular weight is 327 g/mol. The van der Waals surface area contributed by atoms with Crippen molar-refractivity contribution in [3.8, 4) is 11.5 Å². The van der Waals surface area contributed by atoms with Gasteiger partial charge in [-0.25, -0.2) is 0 Å². The van der Waals surface area contributed by atoms with Crippen LogP contribution in [0.4, 0.5) is 0 Å². The molecule has 1 saturated heterocycles. The average Bonchev–Trinajstić information content (AvgIpc) is 2.99. The Labute approximate surface area is 143 Å². The summed E-state index contributed by atoms with van der Waals surface area (Å²) >= 11 is 0. The third-order valence-corrected chi connectivity index (χ3v) is 4.43. The van der Waals surface area contributed by atoms with E-state index in [2.05, 4.69) is 4.90 Å². The van der Waals surface area contributed by atoms with Gasteiger partial charge >= 0.3 is 0 Å². The number of rotatable bonds is 7. The van der Waals surface area contributed by atoms with E-state index in [1.54, 1.807) is 0 Å². The first-order chi connectivity index (χ1) is 11.7. The third kappa shape index (κ3) is 4.08. The lowest BCUT2D eigenvalue weighted by Crippen LogP contribution is -2.32. The van der Waals surface area contributed by atoms with Crippen LogP contribution in [-0.4, -0.2) is 42.9 Å². The Morgan fingerprint density at radius 1 is 1.04 bits per heavy atom. The molecule has 24 heavy (non-hydrogen) atoms. The number of hydrogen-bond donors (Lipinski definition) is 1. The monoisotopic (exact) mass is 327 g/mol. The largest absolute Gasteiger partial charge is 0.494 e. The lowest BCUT2D eigenvalue weighted by atomic mass is 9.93. The predicted octanol–water partition coefficient (Wildman–Crippen LogP) is 3.06. The molecule has 4 nitrogen and oxygen atoms in total. The Morgan fingerprint density at radius 2 is 1.79 bits per heavy atom. The van der Waals surface area contributed by atoms with E-state index in [0.717, 1.165) is 36.6 Å². The zero-order valence-corrected chi connectivity index (χ0v) is 14.1. The van der Waals surface area contributed by atoms with E-state index in [0.29, 0.717) is 19.8 Å². The van der Waals surface area contributed by atoms with Crippen molar-refractivity contribution >= 4 is 0 Å². The van der Waals surface area contributed by atoms with E-state index in [-0.39, 0.29) is 0 Å². The Morgan fingerprint density at radius 3 is 2.54 bits per heavy atom. The molecule has 0 bridgehead atoms. The molecular weight excluding hydrogens is 302 g/mol. The highest BCUT2D eigenvalue weighted by Gasteiger charge is 2.37. The summed E-state index contributed by atoms with van der Waals surface area (Å²) in [5, 5.41) is 10.8. The fraction of sp³-hybridized carbons (Fsp3) is 0.400. The van der Waals surface area contributed by atoms with Gasteiger partial charge in [0.15, 0.2) is 0 Å². The van der Waals surface area contributed by atoms with Gasteiger partial charge < -0.3 is 14.6 Å². The molecule has 2 aromatic carbocycles. The minimum Gasteiger partial charge on any atom is -0.494 e. The number of β-amino-alcohol motifs (C(OH)–C–C–N with tert-alkyl or cyclic N) is 1. The zero-order chi connectivity index (χ0) is 16.8. The maximum atomic E-state index is 10.8. The molecule has 1 fully saturated rings. The standard InChI is InChI=1S/C20H25NO3/c1-2-23-18-9-6-10-19(15-18)24-14-13-21-12-11-20(22,16-21)17-7-4-3-5-8-17/h3-10,15,22H,2,11-14,16H2,1H3/t20-/m1/s1. The van der Waals surface area contributed by atoms with Gasteiger partial charge in [-0.15, -0.1) is 0 Å². The first-order valence-electron chi connectivity index (χ1n) is 8.55. The van der Waals surface area contributed by atoms with E-state index in [1.807, 2.05) is 61.5 Å². The van der Waals surface area contributed by atoms with Gasteiger partial charge in [-0.1, -0.05) is 36.4 Å². The molecule has 0 unspecified atom stereocenters. The van der Waals surface area contributed by atoms with Crippen molar-refractivity contribution in [3.63, 3.8) is 0 Å². The normalized spacial score (nSPS) is 20.9. The first kappa shape index (κ1) is 16.8. The van der Waals surface area contributed by atoms with E-state index in [4.69, 9.17) is 9.47 Å². The van der Waals surface area contributed by atoms with Crippen molar-refractivity contribution < 1.29 is 14.6 Å². The second-order valence-corrected chi connectivity index (χ2v) is 6.18. The Balaban J connectivity index is 1.49. The van der Waals surface area contributed by atoms with Crippen LogP contribution in [0.1, 0.15) is 18.9 Å². The molecule has 1 N–H and O–H groups in total. The Hall–Kier alpha value is -2.04. The molecule has 0 saturated carbocycles. The van der Waals surface area contributed by atoms with Crippen molar-refractivity contribution in [1.82, 2.24) is 4.90 Å².